The van der Waals surface area contributed by atoms with Gasteiger partial charge in [0.2, 0.25) is 0 Å². The molecule has 18 heavy (non-hydrogen) atoms. The highest BCUT2D eigenvalue weighted by Gasteiger charge is 2.07. The predicted molar refractivity (Wildman–Crippen MR) is 75.6 cm³/mol. The Morgan fingerprint density at radius 3 is 2.61 bits per heavy atom. The van der Waals surface area contributed by atoms with Crippen molar-refractivity contribution in [1.29, 1.82) is 0 Å². The standard InChI is InChI=1S/C14H16ClN3/c1-9(2)14-17-12(15)8-13(18-14)16-11-6-4-5-10(3)7-11/h4-9H,1-3H3,(H,16,17,18). The van der Waals surface area contributed by atoms with Crippen LogP contribution in [0.2, 0.25) is 5.15 Å². The molecule has 0 radical (unpaired) electrons. The first kappa shape index (κ1) is 12.8. The maximum absolute atomic E-state index is 6.00. The third-order valence-electron chi connectivity index (χ3n) is 2.52. The van der Waals surface area contributed by atoms with Crippen LogP contribution in [-0.4, -0.2) is 9.97 Å². The van der Waals surface area contributed by atoms with Gasteiger partial charge in [-0.1, -0.05) is 37.6 Å². The lowest BCUT2D eigenvalue weighted by Gasteiger charge is -2.10. The van der Waals surface area contributed by atoms with Crippen LogP contribution in [0.4, 0.5) is 11.5 Å². The van der Waals surface area contributed by atoms with Crippen LogP contribution in [-0.2, 0) is 0 Å². The summed E-state index contributed by atoms with van der Waals surface area (Å²) in [4.78, 5) is 8.66. The molecule has 1 heterocycles. The van der Waals surface area contributed by atoms with Gasteiger partial charge >= 0.3 is 0 Å². The highest BCUT2D eigenvalue weighted by Crippen LogP contribution is 2.20. The molecule has 0 spiro atoms. The van der Waals surface area contributed by atoms with Crippen molar-refractivity contribution in [2.75, 3.05) is 5.32 Å². The molecule has 4 heteroatoms. The van der Waals surface area contributed by atoms with Gasteiger partial charge < -0.3 is 5.32 Å². The van der Waals surface area contributed by atoms with Crippen molar-refractivity contribution in [3.8, 4) is 0 Å². The molecule has 0 fully saturated rings. The van der Waals surface area contributed by atoms with Gasteiger partial charge in [0, 0.05) is 17.7 Å². The predicted octanol–water partition coefficient (Wildman–Crippen LogP) is 4.31. The highest BCUT2D eigenvalue weighted by molar-refractivity contribution is 6.29. The molecule has 0 saturated heterocycles. The molecular weight excluding hydrogens is 246 g/mol. The first-order valence-electron chi connectivity index (χ1n) is 5.93. The lowest BCUT2D eigenvalue weighted by atomic mass is 10.2. The number of benzene rings is 1. The number of anilines is 2. The van der Waals surface area contributed by atoms with E-state index in [4.69, 9.17) is 11.6 Å². The minimum Gasteiger partial charge on any atom is -0.340 e. The molecule has 1 N–H and O–H groups in total. The monoisotopic (exact) mass is 261 g/mol. The Balaban J connectivity index is 2.29. The van der Waals surface area contributed by atoms with Crippen LogP contribution in [0.1, 0.15) is 31.2 Å². The Labute approximate surface area is 112 Å². The average molecular weight is 262 g/mol. The summed E-state index contributed by atoms with van der Waals surface area (Å²) in [5.74, 6) is 1.73. The number of hydrogen-bond donors (Lipinski definition) is 1. The van der Waals surface area contributed by atoms with E-state index in [1.54, 1.807) is 6.07 Å². The Bertz CT molecular complexity index is 552. The zero-order chi connectivity index (χ0) is 13.1. The fraction of sp³-hybridized carbons (Fsp3) is 0.286. The molecule has 1 aromatic heterocycles. The summed E-state index contributed by atoms with van der Waals surface area (Å²) in [6.07, 6.45) is 0. The van der Waals surface area contributed by atoms with Gasteiger partial charge in [-0.25, -0.2) is 9.97 Å². The van der Waals surface area contributed by atoms with Crippen molar-refractivity contribution in [1.82, 2.24) is 9.97 Å². The van der Waals surface area contributed by atoms with Crippen LogP contribution >= 0.6 is 11.6 Å². The number of halogens is 1. The second kappa shape index (κ2) is 5.36. The Kier molecular flexibility index (Phi) is 3.82. The summed E-state index contributed by atoms with van der Waals surface area (Å²) in [6, 6.07) is 9.85. The molecule has 1 aromatic carbocycles. The minimum absolute atomic E-state index is 0.252. The Morgan fingerprint density at radius 1 is 1.17 bits per heavy atom. The minimum atomic E-state index is 0.252. The van der Waals surface area contributed by atoms with Crippen molar-refractivity contribution in [3.05, 3.63) is 46.9 Å². The summed E-state index contributed by atoms with van der Waals surface area (Å²) in [7, 11) is 0. The normalized spacial score (nSPS) is 10.7. The summed E-state index contributed by atoms with van der Waals surface area (Å²) in [5, 5.41) is 3.71. The van der Waals surface area contributed by atoms with Gasteiger partial charge in [0.05, 0.1) is 0 Å². The summed E-state index contributed by atoms with van der Waals surface area (Å²) >= 11 is 6.00. The van der Waals surface area contributed by atoms with Crippen LogP contribution in [0.5, 0.6) is 0 Å². The van der Waals surface area contributed by atoms with Gasteiger partial charge in [0.15, 0.2) is 0 Å². The molecule has 94 valence electrons. The van der Waals surface area contributed by atoms with Gasteiger partial charge in [0.25, 0.3) is 0 Å². The van der Waals surface area contributed by atoms with Gasteiger partial charge in [-0.05, 0) is 24.6 Å². The Hall–Kier alpha value is -1.61. The second-order valence-electron chi connectivity index (χ2n) is 4.58. The quantitative estimate of drug-likeness (QED) is 0.837. The molecule has 0 atom stereocenters. The summed E-state index contributed by atoms with van der Waals surface area (Å²) < 4.78 is 0. The highest BCUT2D eigenvalue weighted by atomic mass is 35.5. The second-order valence-corrected chi connectivity index (χ2v) is 4.97. The number of nitrogens with zero attached hydrogens (tertiary/aromatic N) is 2. The van der Waals surface area contributed by atoms with Gasteiger partial charge in [-0.3, -0.25) is 0 Å². The molecule has 2 aromatic rings. The van der Waals surface area contributed by atoms with E-state index in [0.717, 1.165) is 17.3 Å². The zero-order valence-corrected chi connectivity index (χ0v) is 11.5. The molecule has 0 unspecified atom stereocenters. The fourth-order valence-electron chi connectivity index (χ4n) is 1.63. The van der Waals surface area contributed by atoms with Crippen molar-refractivity contribution in [2.24, 2.45) is 0 Å². The fourth-order valence-corrected chi connectivity index (χ4v) is 1.82. The molecule has 0 saturated carbocycles. The van der Waals surface area contributed by atoms with Crippen LogP contribution in [0.15, 0.2) is 30.3 Å². The van der Waals surface area contributed by atoms with E-state index >= 15 is 0 Å². The number of hydrogen-bond acceptors (Lipinski definition) is 3. The molecule has 0 aliphatic rings. The molecule has 0 amide bonds. The van der Waals surface area contributed by atoms with Crippen LogP contribution < -0.4 is 5.32 Å². The zero-order valence-electron chi connectivity index (χ0n) is 10.7. The van der Waals surface area contributed by atoms with E-state index in [2.05, 4.69) is 34.3 Å². The largest absolute Gasteiger partial charge is 0.340 e. The van der Waals surface area contributed by atoms with Crippen molar-refractivity contribution < 1.29 is 0 Å². The van der Waals surface area contributed by atoms with Gasteiger partial charge in [-0.2, -0.15) is 0 Å². The van der Waals surface area contributed by atoms with Crippen molar-refractivity contribution >= 4 is 23.1 Å². The number of rotatable bonds is 3. The third-order valence-corrected chi connectivity index (χ3v) is 2.71. The van der Waals surface area contributed by atoms with E-state index in [1.165, 1.54) is 5.56 Å². The van der Waals surface area contributed by atoms with E-state index in [9.17, 15) is 0 Å². The van der Waals surface area contributed by atoms with Gasteiger partial charge in [-0.15, -0.1) is 0 Å². The number of nitrogens with one attached hydrogen (secondary N) is 1. The molecule has 3 nitrogen and oxygen atoms in total. The maximum Gasteiger partial charge on any atom is 0.135 e. The lowest BCUT2D eigenvalue weighted by molar-refractivity contribution is 0.776. The Morgan fingerprint density at radius 2 is 1.94 bits per heavy atom. The number of aromatic nitrogens is 2. The molecule has 2 rings (SSSR count). The molecule has 0 aliphatic heterocycles. The molecule has 0 bridgehead atoms. The SMILES string of the molecule is Cc1cccc(Nc2cc(Cl)nc(C(C)C)n2)c1. The topological polar surface area (TPSA) is 37.8 Å². The van der Waals surface area contributed by atoms with Crippen LogP contribution in [0.25, 0.3) is 0 Å². The van der Waals surface area contributed by atoms with E-state index in [0.29, 0.717) is 5.15 Å². The third kappa shape index (κ3) is 3.20. The summed E-state index contributed by atoms with van der Waals surface area (Å²) in [6.45, 7) is 6.14. The first-order valence-corrected chi connectivity index (χ1v) is 6.30. The average Bonchev–Trinajstić information content (AvgIpc) is 2.28. The molecular formula is C14H16ClN3. The van der Waals surface area contributed by atoms with Crippen molar-refractivity contribution in [3.63, 3.8) is 0 Å². The lowest BCUT2D eigenvalue weighted by Crippen LogP contribution is -2.02. The van der Waals surface area contributed by atoms with Crippen LogP contribution in [0, 0.1) is 6.92 Å². The first-order chi connectivity index (χ1) is 8.54. The van der Waals surface area contributed by atoms with Crippen LogP contribution in [0.3, 0.4) is 0 Å². The molecule has 0 aliphatic carbocycles. The van der Waals surface area contributed by atoms with Gasteiger partial charge in [0.1, 0.15) is 16.8 Å². The van der Waals surface area contributed by atoms with E-state index < -0.39 is 0 Å². The smallest absolute Gasteiger partial charge is 0.135 e. The summed E-state index contributed by atoms with van der Waals surface area (Å²) in [5.41, 5.74) is 2.20. The van der Waals surface area contributed by atoms with Crippen molar-refractivity contribution in [2.45, 2.75) is 26.7 Å². The van der Waals surface area contributed by atoms with E-state index in [1.807, 2.05) is 26.0 Å². The maximum atomic E-state index is 6.00. The van der Waals surface area contributed by atoms with E-state index in [-0.39, 0.29) is 5.92 Å². The number of aryl methyl sites for hydroxylation is 1.